The summed E-state index contributed by atoms with van der Waals surface area (Å²) in [5, 5.41) is 4.37. The van der Waals surface area contributed by atoms with Crippen LogP contribution in [0.3, 0.4) is 0 Å². The van der Waals surface area contributed by atoms with Gasteiger partial charge in [-0.1, -0.05) is 23.7 Å². The molecule has 3 fully saturated rings. The molecule has 2 nitrogen and oxygen atoms in total. The number of nitrogens with zero attached hydrogens (tertiary/aromatic N) is 1. The Morgan fingerprint density at radius 1 is 1.45 bits per heavy atom. The molecule has 1 N–H and O–H groups in total. The van der Waals surface area contributed by atoms with Crippen molar-refractivity contribution >= 4 is 11.6 Å². The Kier molecular flexibility index (Phi) is 4.31. The second kappa shape index (κ2) is 6.18. The molecule has 0 aromatic heterocycles. The van der Waals surface area contributed by atoms with Crippen LogP contribution in [-0.2, 0) is 6.54 Å². The number of hydrogen-bond donors (Lipinski definition) is 1. The van der Waals surface area contributed by atoms with E-state index in [1.807, 2.05) is 18.2 Å². The molecule has 1 aromatic carbocycles. The highest BCUT2D eigenvalue weighted by atomic mass is 35.5. The Bertz CT molecular complexity index is 508. The largest absolute Gasteiger partial charge is 0.311 e. The zero-order chi connectivity index (χ0) is 13.9. The van der Waals surface area contributed by atoms with E-state index < -0.39 is 0 Å². The fraction of sp³-hybridized carbons (Fsp3) is 0.529. The van der Waals surface area contributed by atoms with E-state index in [-0.39, 0.29) is 0 Å². The normalized spacial score (nSPS) is 32.0. The van der Waals surface area contributed by atoms with Crippen LogP contribution in [0.1, 0.15) is 18.4 Å². The molecular formula is C17H21ClN2. The minimum atomic E-state index is 0.480. The molecule has 4 atom stereocenters. The summed E-state index contributed by atoms with van der Waals surface area (Å²) in [4.78, 5) is 2.56. The van der Waals surface area contributed by atoms with Crippen LogP contribution in [-0.4, -0.2) is 30.6 Å². The molecule has 0 amide bonds. The minimum Gasteiger partial charge on any atom is -0.311 e. The van der Waals surface area contributed by atoms with Crippen molar-refractivity contribution in [1.29, 1.82) is 0 Å². The molecule has 1 unspecified atom stereocenters. The lowest BCUT2D eigenvalue weighted by molar-refractivity contribution is 0.0227. The highest BCUT2D eigenvalue weighted by molar-refractivity contribution is 6.30. The first-order valence-electron chi connectivity index (χ1n) is 7.41. The third kappa shape index (κ3) is 3.01. The molecule has 3 heterocycles. The molecular weight excluding hydrogens is 268 g/mol. The predicted molar refractivity (Wildman–Crippen MR) is 83.6 cm³/mol. The summed E-state index contributed by atoms with van der Waals surface area (Å²) in [5.41, 5.74) is 1.25. The van der Waals surface area contributed by atoms with E-state index in [9.17, 15) is 0 Å². The first kappa shape index (κ1) is 13.9. The van der Waals surface area contributed by atoms with Crippen LogP contribution >= 0.6 is 11.6 Å². The first-order valence-corrected chi connectivity index (χ1v) is 7.79. The molecule has 0 spiro atoms. The van der Waals surface area contributed by atoms with E-state index in [0.717, 1.165) is 30.6 Å². The van der Waals surface area contributed by atoms with Crippen molar-refractivity contribution in [3.8, 4) is 12.3 Å². The fourth-order valence-electron chi connectivity index (χ4n) is 3.57. The van der Waals surface area contributed by atoms with E-state index in [2.05, 4.69) is 22.2 Å². The van der Waals surface area contributed by atoms with Gasteiger partial charge in [-0.25, -0.2) is 0 Å². The van der Waals surface area contributed by atoms with Gasteiger partial charge in [0.1, 0.15) is 0 Å². The highest BCUT2D eigenvalue weighted by Gasteiger charge is 2.38. The Morgan fingerprint density at radius 2 is 2.35 bits per heavy atom. The lowest BCUT2D eigenvalue weighted by Gasteiger charge is -2.48. The SMILES string of the molecule is C#C[C@@H]1CN2CC[C@H]1C[C@@H]2CNCc1cccc(Cl)c1. The molecule has 0 saturated carbocycles. The number of benzene rings is 1. The number of halogens is 1. The molecule has 3 saturated heterocycles. The number of piperidine rings is 3. The standard InChI is InChI=1S/C17H21ClN2/c1-2-14-12-20-7-6-15(14)9-17(20)11-19-10-13-4-3-5-16(18)8-13/h1,3-5,8,14-15,17,19H,6-7,9-12H2/t14-,15+,17-/m1/s1. The van der Waals surface area contributed by atoms with Crippen molar-refractivity contribution in [3.63, 3.8) is 0 Å². The number of rotatable bonds is 4. The minimum absolute atomic E-state index is 0.480. The number of fused-ring (bicyclic) bond motifs is 3. The molecule has 0 radical (unpaired) electrons. The van der Waals surface area contributed by atoms with Crippen LogP contribution < -0.4 is 5.32 Å². The molecule has 0 aliphatic carbocycles. The maximum Gasteiger partial charge on any atom is 0.0409 e. The Hall–Kier alpha value is -1.01. The Morgan fingerprint density at radius 3 is 3.05 bits per heavy atom. The summed E-state index contributed by atoms with van der Waals surface area (Å²) >= 11 is 6.00. The van der Waals surface area contributed by atoms with Crippen LogP contribution in [0.15, 0.2) is 24.3 Å². The van der Waals surface area contributed by atoms with Gasteiger partial charge in [0.2, 0.25) is 0 Å². The number of terminal acetylenes is 1. The Balaban J connectivity index is 1.49. The van der Waals surface area contributed by atoms with Crippen molar-refractivity contribution in [2.75, 3.05) is 19.6 Å². The Labute approximate surface area is 126 Å². The van der Waals surface area contributed by atoms with Gasteiger partial charge in [-0.2, -0.15) is 0 Å². The molecule has 1 aromatic rings. The van der Waals surface area contributed by atoms with Crippen molar-refractivity contribution in [2.24, 2.45) is 11.8 Å². The summed E-state index contributed by atoms with van der Waals surface area (Å²) < 4.78 is 0. The predicted octanol–water partition coefficient (Wildman–Crippen LogP) is 2.77. The third-order valence-corrected chi connectivity index (χ3v) is 4.93. The summed E-state index contributed by atoms with van der Waals surface area (Å²) in [6.07, 6.45) is 8.15. The van der Waals surface area contributed by atoms with Crippen molar-refractivity contribution in [2.45, 2.75) is 25.4 Å². The third-order valence-electron chi connectivity index (χ3n) is 4.69. The quantitative estimate of drug-likeness (QED) is 0.857. The van der Waals surface area contributed by atoms with Crippen LogP contribution in [0, 0.1) is 24.2 Å². The maximum absolute atomic E-state index is 6.00. The topological polar surface area (TPSA) is 15.3 Å². The second-order valence-electron chi connectivity index (χ2n) is 5.97. The van der Waals surface area contributed by atoms with Crippen LogP contribution in [0.5, 0.6) is 0 Å². The van der Waals surface area contributed by atoms with Crippen molar-refractivity contribution in [3.05, 3.63) is 34.9 Å². The van der Waals surface area contributed by atoms with Gasteiger partial charge in [0.25, 0.3) is 0 Å². The first-order chi connectivity index (χ1) is 9.76. The van der Waals surface area contributed by atoms with Crippen LogP contribution in [0.4, 0.5) is 0 Å². The van der Waals surface area contributed by atoms with Gasteiger partial charge in [0, 0.05) is 36.6 Å². The van der Waals surface area contributed by atoms with Crippen LogP contribution in [0.2, 0.25) is 5.02 Å². The molecule has 20 heavy (non-hydrogen) atoms. The molecule has 3 aliphatic rings. The summed E-state index contributed by atoms with van der Waals surface area (Å²) in [6.45, 7) is 4.23. The lowest BCUT2D eigenvalue weighted by Crippen LogP contribution is -2.55. The molecule has 2 bridgehead atoms. The molecule has 3 heteroatoms. The van der Waals surface area contributed by atoms with E-state index in [0.29, 0.717) is 12.0 Å². The highest BCUT2D eigenvalue weighted by Crippen LogP contribution is 2.35. The molecule has 4 rings (SSSR count). The van der Waals surface area contributed by atoms with Gasteiger partial charge in [-0.15, -0.1) is 12.3 Å². The van der Waals surface area contributed by atoms with Gasteiger partial charge in [0.05, 0.1) is 0 Å². The zero-order valence-electron chi connectivity index (χ0n) is 11.7. The van der Waals surface area contributed by atoms with E-state index >= 15 is 0 Å². The molecule has 106 valence electrons. The lowest BCUT2D eigenvalue weighted by atomic mass is 9.76. The van der Waals surface area contributed by atoms with Crippen molar-refractivity contribution in [1.82, 2.24) is 10.2 Å². The van der Waals surface area contributed by atoms with Gasteiger partial charge in [-0.05, 0) is 43.0 Å². The fourth-order valence-corrected chi connectivity index (χ4v) is 3.78. The van der Waals surface area contributed by atoms with Gasteiger partial charge < -0.3 is 5.32 Å². The second-order valence-corrected chi connectivity index (χ2v) is 6.40. The number of hydrogen-bond acceptors (Lipinski definition) is 2. The average molecular weight is 289 g/mol. The average Bonchev–Trinajstić information content (AvgIpc) is 2.48. The monoisotopic (exact) mass is 288 g/mol. The molecule has 3 aliphatic heterocycles. The van der Waals surface area contributed by atoms with Gasteiger partial charge in [-0.3, -0.25) is 4.90 Å². The van der Waals surface area contributed by atoms with Gasteiger partial charge in [0.15, 0.2) is 0 Å². The summed E-state index contributed by atoms with van der Waals surface area (Å²) in [7, 11) is 0. The van der Waals surface area contributed by atoms with Crippen molar-refractivity contribution < 1.29 is 0 Å². The van der Waals surface area contributed by atoms with E-state index in [1.54, 1.807) is 0 Å². The number of nitrogens with one attached hydrogen (secondary N) is 1. The van der Waals surface area contributed by atoms with E-state index in [4.69, 9.17) is 18.0 Å². The smallest absolute Gasteiger partial charge is 0.0409 e. The zero-order valence-corrected chi connectivity index (χ0v) is 12.4. The van der Waals surface area contributed by atoms with E-state index in [1.165, 1.54) is 24.9 Å². The van der Waals surface area contributed by atoms with Crippen LogP contribution in [0.25, 0.3) is 0 Å². The summed E-state index contributed by atoms with van der Waals surface area (Å²) in [6, 6.07) is 8.70. The summed E-state index contributed by atoms with van der Waals surface area (Å²) in [5.74, 6) is 4.19. The maximum atomic E-state index is 6.00. The van der Waals surface area contributed by atoms with Gasteiger partial charge >= 0.3 is 0 Å².